The fraction of sp³-hybridized carbons (Fsp3) is 0.333. The summed E-state index contributed by atoms with van der Waals surface area (Å²) in [6.45, 7) is -1.50. The topological polar surface area (TPSA) is 42.0 Å². The normalized spacial score (nSPS) is 11.6. The lowest BCUT2D eigenvalue weighted by atomic mass is 10.2. The van der Waals surface area contributed by atoms with Gasteiger partial charge in [-0.2, -0.15) is 13.2 Å². The average Bonchev–Trinajstić information content (AvgIpc) is 2.27. The summed E-state index contributed by atoms with van der Waals surface area (Å²) in [6, 6.07) is 1.85. The molecule has 0 fully saturated rings. The third-order valence-electron chi connectivity index (χ3n) is 1.79. The highest BCUT2D eigenvalue weighted by molar-refractivity contribution is 5.93. The van der Waals surface area contributed by atoms with Crippen LogP contribution in [0.25, 0.3) is 0 Å². The smallest absolute Gasteiger partial charge is 0.324 e. The number of alkyl halides is 4. The van der Waals surface area contributed by atoms with Crippen molar-refractivity contribution < 1.29 is 26.7 Å². The Morgan fingerprint density at radius 2 is 2.06 bits per heavy atom. The van der Waals surface area contributed by atoms with Crippen LogP contribution in [0.4, 0.5) is 22.0 Å². The molecular formula is C9H7F5N2O. The van der Waals surface area contributed by atoms with Crippen LogP contribution in [0.1, 0.15) is 10.4 Å². The Balaban J connectivity index is 2.59. The predicted molar refractivity (Wildman–Crippen MR) is 47.5 cm³/mol. The zero-order chi connectivity index (χ0) is 13.1. The number of aromatic nitrogens is 1. The maximum atomic E-state index is 12.4. The van der Waals surface area contributed by atoms with E-state index in [0.29, 0.717) is 0 Å². The van der Waals surface area contributed by atoms with Crippen LogP contribution in [0.15, 0.2) is 18.3 Å². The molecule has 1 aromatic heterocycles. The lowest BCUT2D eigenvalue weighted by Crippen LogP contribution is -2.41. The highest BCUT2D eigenvalue weighted by atomic mass is 19.3. The first-order valence-electron chi connectivity index (χ1n) is 4.38. The van der Waals surface area contributed by atoms with Crippen molar-refractivity contribution in [1.29, 1.82) is 0 Å². The number of amides is 1. The van der Waals surface area contributed by atoms with Crippen molar-refractivity contribution in [3.8, 4) is 0 Å². The maximum Gasteiger partial charge on any atom is 0.324 e. The molecule has 1 aromatic rings. The Morgan fingerprint density at radius 3 is 2.53 bits per heavy atom. The molecule has 0 aromatic carbocycles. The van der Waals surface area contributed by atoms with E-state index in [2.05, 4.69) is 4.98 Å². The van der Waals surface area contributed by atoms with E-state index in [-0.39, 0.29) is 5.56 Å². The summed E-state index contributed by atoms with van der Waals surface area (Å²) in [6.07, 6.45) is -3.06. The number of pyridine rings is 1. The van der Waals surface area contributed by atoms with Gasteiger partial charge in [-0.25, -0.2) is 13.8 Å². The molecule has 1 N–H and O–H groups in total. The molecule has 3 nitrogen and oxygen atoms in total. The van der Waals surface area contributed by atoms with Crippen molar-refractivity contribution in [3.63, 3.8) is 0 Å². The summed E-state index contributed by atoms with van der Waals surface area (Å²) in [4.78, 5) is 14.3. The van der Waals surface area contributed by atoms with Crippen LogP contribution in [-0.4, -0.2) is 29.8 Å². The van der Waals surface area contributed by atoms with E-state index in [9.17, 15) is 26.7 Å². The Labute approximate surface area is 92.6 Å². The van der Waals surface area contributed by atoms with Gasteiger partial charge in [0.2, 0.25) is 5.95 Å². The minimum absolute atomic E-state index is 0.198. The summed E-state index contributed by atoms with van der Waals surface area (Å²) in [7, 11) is 0. The van der Waals surface area contributed by atoms with Crippen molar-refractivity contribution in [2.75, 3.05) is 6.54 Å². The minimum Gasteiger partial charge on any atom is -0.346 e. The largest absolute Gasteiger partial charge is 0.346 e. The molecular weight excluding hydrogens is 247 g/mol. The quantitative estimate of drug-likeness (QED) is 0.658. The second-order valence-corrected chi connectivity index (χ2v) is 3.11. The lowest BCUT2D eigenvalue weighted by Gasteiger charge is -2.15. The molecule has 0 aliphatic rings. The first kappa shape index (κ1) is 13.3. The summed E-state index contributed by atoms with van der Waals surface area (Å²) in [5.41, 5.74) is -0.198. The standard InChI is InChI=1S/C9H7F5N2O/c10-6-2-1-5(3-15-6)7(17)16-4-9(13,14)8(11)12/h1-3,8H,4H2,(H,16,17). The van der Waals surface area contributed by atoms with E-state index >= 15 is 0 Å². The molecule has 0 radical (unpaired) electrons. The molecule has 0 unspecified atom stereocenters. The van der Waals surface area contributed by atoms with Gasteiger partial charge >= 0.3 is 12.3 Å². The van der Waals surface area contributed by atoms with E-state index in [1.165, 1.54) is 0 Å². The van der Waals surface area contributed by atoms with Gasteiger partial charge < -0.3 is 5.32 Å². The molecule has 1 heterocycles. The van der Waals surface area contributed by atoms with Crippen LogP contribution in [0, 0.1) is 5.95 Å². The highest BCUT2D eigenvalue weighted by Gasteiger charge is 2.40. The van der Waals surface area contributed by atoms with E-state index < -0.39 is 30.7 Å². The van der Waals surface area contributed by atoms with Crippen LogP contribution >= 0.6 is 0 Å². The molecule has 1 rings (SSSR count). The van der Waals surface area contributed by atoms with Gasteiger partial charge in [0, 0.05) is 6.20 Å². The summed E-state index contributed by atoms with van der Waals surface area (Å²) < 4.78 is 60.8. The van der Waals surface area contributed by atoms with Gasteiger partial charge in [-0.15, -0.1) is 0 Å². The van der Waals surface area contributed by atoms with Crippen LogP contribution in [0.5, 0.6) is 0 Å². The first-order chi connectivity index (χ1) is 7.83. The van der Waals surface area contributed by atoms with Gasteiger partial charge in [0.15, 0.2) is 0 Å². The van der Waals surface area contributed by atoms with E-state index in [0.717, 1.165) is 18.3 Å². The fourth-order valence-corrected chi connectivity index (χ4v) is 0.887. The number of nitrogens with zero attached hydrogens (tertiary/aromatic N) is 1. The zero-order valence-electron chi connectivity index (χ0n) is 8.26. The second kappa shape index (κ2) is 5.07. The van der Waals surface area contributed by atoms with Crippen molar-refractivity contribution in [2.24, 2.45) is 0 Å². The lowest BCUT2D eigenvalue weighted by molar-refractivity contribution is -0.123. The molecule has 0 saturated carbocycles. The third kappa shape index (κ3) is 3.65. The highest BCUT2D eigenvalue weighted by Crippen LogP contribution is 2.21. The Bertz CT molecular complexity index is 393. The average molecular weight is 254 g/mol. The van der Waals surface area contributed by atoms with E-state index in [4.69, 9.17) is 0 Å². The van der Waals surface area contributed by atoms with Gasteiger partial charge in [-0.3, -0.25) is 4.79 Å². The molecule has 8 heteroatoms. The van der Waals surface area contributed by atoms with Gasteiger partial charge in [0.1, 0.15) is 0 Å². The van der Waals surface area contributed by atoms with Crippen LogP contribution in [-0.2, 0) is 0 Å². The minimum atomic E-state index is -4.30. The third-order valence-corrected chi connectivity index (χ3v) is 1.79. The molecule has 17 heavy (non-hydrogen) atoms. The van der Waals surface area contributed by atoms with Gasteiger partial charge in [-0.05, 0) is 12.1 Å². The van der Waals surface area contributed by atoms with Crippen LogP contribution in [0.3, 0.4) is 0 Å². The number of carbonyl (C=O) groups is 1. The number of carbonyl (C=O) groups excluding carboxylic acids is 1. The molecule has 94 valence electrons. The Morgan fingerprint density at radius 1 is 1.41 bits per heavy atom. The monoisotopic (exact) mass is 254 g/mol. The maximum absolute atomic E-state index is 12.4. The molecule has 0 bridgehead atoms. The predicted octanol–water partition coefficient (Wildman–Crippen LogP) is 1.85. The van der Waals surface area contributed by atoms with Crippen molar-refractivity contribution in [1.82, 2.24) is 10.3 Å². The molecule has 1 amide bonds. The fourth-order valence-electron chi connectivity index (χ4n) is 0.887. The summed E-state index contributed by atoms with van der Waals surface area (Å²) in [5.74, 6) is -6.18. The number of hydrogen-bond donors (Lipinski definition) is 1. The SMILES string of the molecule is O=C(NCC(F)(F)C(F)F)c1ccc(F)nc1. The van der Waals surface area contributed by atoms with Crippen LogP contribution < -0.4 is 5.32 Å². The summed E-state index contributed by atoms with van der Waals surface area (Å²) in [5, 5.41) is 1.61. The Kier molecular flexibility index (Phi) is 3.97. The molecule has 0 saturated heterocycles. The van der Waals surface area contributed by atoms with Gasteiger partial charge in [-0.1, -0.05) is 0 Å². The second-order valence-electron chi connectivity index (χ2n) is 3.11. The van der Waals surface area contributed by atoms with E-state index in [1.54, 1.807) is 5.32 Å². The van der Waals surface area contributed by atoms with Crippen molar-refractivity contribution in [2.45, 2.75) is 12.3 Å². The number of nitrogens with one attached hydrogen (secondary N) is 1. The number of rotatable bonds is 4. The zero-order valence-corrected chi connectivity index (χ0v) is 8.26. The Hall–Kier alpha value is -1.73. The molecule has 0 aliphatic heterocycles. The van der Waals surface area contributed by atoms with Crippen molar-refractivity contribution >= 4 is 5.91 Å². The molecule has 0 spiro atoms. The number of hydrogen-bond acceptors (Lipinski definition) is 2. The van der Waals surface area contributed by atoms with Crippen molar-refractivity contribution in [3.05, 3.63) is 29.8 Å². The van der Waals surface area contributed by atoms with Gasteiger partial charge in [0.05, 0.1) is 12.1 Å². The number of halogens is 5. The van der Waals surface area contributed by atoms with E-state index in [1.807, 2.05) is 0 Å². The first-order valence-corrected chi connectivity index (χ1v) is 4.38. The summed E-state index contributed by atoms with van der Waals surface area (Å²) >= 11 is 0. The molecule has 0 aliphatic carbocycles. The van der Waals surface area contributed by atoms with Crippen LogP contribution in [0.2, 0.25) is 0 Å². The van der Waals surface area contributed by atoms with Gasteiger partial charge in [0.25, 0.3) is 5.91 Å². The molecule has 0 atom stereocenters.